The van der Waals surface area contributed by atoms with Crippen LogP contribution in [-0.4, -0.2) is 21.8 Å². The van der Waals surface area contributed by atoms with E-state index in [1.807, 2.05) is 5.43 Å². The number of nitrogens with two attached hydrogens (primary N) is 1. The van der Waals surface area contributed by atoms with E-state index < -0.39 is 0 Å². The predicted molar refractivity (Wildman–Crippen MR) is 43.1 cm³/mol. The normalized spacial score (nSPS) is 6.36. The average molecular weight is 264 g/mol. The fourth-order valence-corrected chi connectivity index (χ4v) is 0.587. The summed E-state index contributed by atoms with van der Waals surface area (Å²) in [6.07, 6.45) is 3.06. The van der Waals surface area contributed by atoms with Gasteiger partial charge < -0.3 is 23.4 Å². The Balaban J connectivity index is -0.000000125. The number of nitrogens with zero attached hydrogens (tertiary/aromatic N) is 1. The number of hydrogen-bond acceptors (Lipinski definition) is 3. The molecule has 0 aliphatic rings. The van der Waals surface area contributed by atoms with Gasteiger partial charge in [-0.1, -0.05) is 0 Å². The molecule has 0 aromatic carbocycles. The van der Waals surface area contributed by atoms with Crippen LogP contribution >= 0.6 is 0 Å². The van der Waals surface area contributed by atoms with E-state index in [4.69, 9.17) is 5.84 Å². The topological polar surface area (TPSA) is 131 Å². The minimum atomic E-state index is -0.303. The second-order valence-electron chi connectivity index (χ2n) is 1.71. The number of carbonyl (C=O) groups excluding carboxylic acids is 1. The fraction of sp³-hybridized carbons (Fsp3) is 0. The molecule has 7 N–H and O–H groups in total. The largest absolute Gasteiger partial charge is 2.00 e. The first-order chi connectivity index (χ1) is 4.84. The molecule has 1 amide bonds. The number of carbonyl (C=O) groups is 1. The van der Waals surface area contributed by atoms with Crippen molar-refractivity contribution in [2.45, 2.75) is 0 Å². The van der Waals surface area contributed by atoms with Crippen molar-refractivity contribution < 1.29 is 45.2 Å². The van der Waals surface area contributed by atoms with E-state index in [1.165, 1.54) is 12.4 Å². The van der Waals surface area contributed by atoms with Crippen molar-refractivity contribution in [3.8, 4) is 0 Å². The zero-order valence-corrected chi connectivity index (χ0v) is 8.83. The van der Waals surface area contributed by atoms with Gasteiger partial charge in [0.15, 0.2) is 0 Å². The van der Waals surface area contributed by atoms with Gasteiger partial charge in [0, 0.05) is 18.0 Å². The van der Waals surface area contributed by atoms with Crippen LogP contribution in [0.2, 0.25) is 0 Å². The van der Waals surface area contributed by atoms with Crippen molar-refractivity contribution in [1.82, 2.24) is 10.4 Å². The third kappa shape index (κ3) is 6.79. The molecule has 0 spiro atoms. The van der Waals surface area contributed by atoms with Crippen LogP contribution in [-0.2, 0) is 17.1 Å². The van der Waals surface area contributed by atoms with Crippen molar-refractivity contribution in [3.05, 3.63) is 30.1 Å². The molecule has 82 valence electrons. The van der Waals surface area contributed by atoms with Crippen molar-refractivity contribution in [1.29, 1.82) is 0 Å². The molecule has 0 aliphatic carbocycles. The summed E-state index contributed by atoms with van der Waals surface area (Å²) in [5.41, 5.74) is 2.53. The Morgan fingerprint density at radius 3 is 2.07 bits per heavy atom. The Morgan fingerprint density at radius 2 is 1.71 bits per heavy atom. The molecule has 0 saturated carbocycles. The summed E-state index contributed by atoms with van der Waals surface area (Å²) in [5, 5.41) is 0. The van der Waals surface area contributed by atoms with Gasteiger partial charge in [-0.05, 0) is 12.1 Å². The molecule has 1 heterocycles. The maximum absolute atomic E-state index is 10.7. The number of nitrogen functional groups attached to an aromatic ring is 1. The third-order valence-electron chi connectivity index (χ3n) is 1.07. The van der Waals surface area contributed by atoms with Crippen molar-refractivity contribution in [3.63, 3.8) is 0 Å². The van der Waals surface area contributed by atoms with E-state index in [2.05, 4.69) is 4.98 Å². The quantitative estimate of drug-likeness (QED) is 0.228. The van der Waals surface area contributed by atoms with E-state index in [-0.39, 0.29) is 46.3 Å². The number of amides is 1. The monoisotopic (exact) mass is 264 g/mol. The van der Waals surface area contributed by atoms with E-state index in [1.54, 1.807) is 12.1 Å². The SMILES string of the molecule is NNC(=O)c1ccncc1.O.O.[Cl-].[Fe+2]. The van der Waals surface area contributed by atoms with E-state index >= 15 is 0 Å². The molecule has 14 heavy (non-hydrogen) atoms. The Labute approximate surface area is 97.7 Å². The van der Waals surface area contributed by atoms with Gasteiger partial charge in [-0.2, -0.15) is 0 Å². The van der Waals surface area contributed by atoms with Gasteiger partial charge in [-0.25, -0.2) is 5.84 Å². The maximum Gasteiger partial charge on any atom is 2.00 e. The number of hydrazine groups is 1. The van der Waals surface area contributed by atoms with Crippen molar-refractivity contribution >= 4 is 5.91 Å². The number of nitrogens with one attached hydrogen (secondary N) is 1. The van der Waals surface area contributed by atoms with Crippen LogP contribution in [0, 0.1) is 0 Å². The Morgan fingerprint density at radius 1 is 1.29 bits per heavy atom. The number of halogens is 1. The fourth-order valence-electron chi connectivity index (χ4n) is 0.587. The molecule has 1 rings (SSSR count). The van der Waals surface area contributed by atoms with E-state index in [0.29, 0.717) is 5.56 Å². The van der Waals surface area contributed by atoms with Crippen molar-refractivity contribution in [2.75, 3.05) is 0 Å². The number of pyridine rings is 1. The van der Waals surface area contributed by atoms with Gasteiger partial charge in [-0.15, -0.1) is 0 Å². The third-order valence-corrected chi connectivity index (χ3v) is 1.07. The maximum atomic E-state index is 10.7. The van der Waals surface area contributed by atoms with Crippen LogP contribution in [0.15, 0.2) is 24.5 Å². The van der Waals surface area contributed by atoms with Crippen LogP contribution < -0.4 is 23.7 Å². The summed E-state index contributed by atoms with van der Waals surface area (Å²) in [6, 6.07) is 3.17. The summed E-state index contributed by atoms with van der Waals surface area (Å²) < 4.78 is 0. The zero-order chi connectivity index (χ0) is 7.40. The molecule has 0 radical (unpaired) electrons. The molecule has 1 aromatic rings. The van der Waals surface area contributed by atoms with Crippen LogP contribution in [0.4, 0.5) is 0 Å². The van der Waals surface area contributed by atoms with Crippen molar-refractivity contribution in [2.24, 2.45) is 5.84 Å². The number of aromatic nitrogens is 1. The van der Waals surface area contributed by atoms with Gasteiger partial charge in [0.25, 0.3) is 5.91 Å². The summed E-state index contributed by atoms with van der Waals surface area (Å²) >= 11 is 0. The van der Waals surface area contributed by atoms with E-state index in [0.717, 1.165) is 0 Å². The molecular formula is C6H11ClFeN3O3+. The average Bonchev–Trinajstić information content (AvgIpc) is 2.05. The standard InChI is InChI=1S/C6H7N3O.ClH.Fe.2H2O/c7-9-6(10)5-1-3-8-4-2-5;;;;/h1-4H,7H2,(H,9,10);1H;;2*1H2/q;;+2;;/p-1. The summed E-state index contributed by atoms with van der Waals surface area (Å²) in [4.78, 5) is 14.5. The molecule has 0 fully saturated rings. The van der Waals surface area contributed by atoms with Gasteiger partial charge in [-0.3, -0.25) is 15.2 Å². The Bertz CT molecular complexity index is 237. The Hall–Kier alpha value is -0.691. The van der Waals surface area contributed by atoms with Crippen LogP contribution in [0.25, 0.3) is 0 Å². The second-order valence-corrected chi connectivity index (χ2v) is 1.71. The minimum absolute atomic E-state index is 0. The molecular weight excluding hydrogens is 253 g/mol. The molecule has 6 nitrogen and oxygen atoms in total. The molecule has 0 saturated heterocycles. The molecule has 8 heteroatoms. The first-order valence-electron chi connectivity index (χ1n) is 2.75. The Kier molecular flexibility index (Phi) is 20.5. The molecule has 0 atom stereocenters. The summed E-state index contributed by atoms with van der Waals surface area (Å²) in [5.74, 6) is 4.58. The number of rotatable bonds is 1. The van der Waals surface area contributed by atoms with Crippen LogP contribution in [0.3, 0.4) is 0 Å². The second kappa shape index (κ2) is 12.3. The number of hydrogen-bond donors (Lipinski definition) is 2. The summed E-state index contributed by atoms with van der Waals surface area (Å²) in [7, 11) is 0. The van der Waals surface area contributed by atoms with Gasteiger partial charge in [0.05, 0.1) is 0 Å². The predicted octanol–water partition coefficient (Wildman–Crippen LogP) is -4.96. The van der Waals surface area contributed by atoms with Gasteiger partial charge in [0.1, 0.15) is 0 Å². The molecule has 1 aromatic heterocycles. The molecule has 0 aliphatic heterocycles. The smallest absolute Gasteiger partial charge is 1.00 e. The van der Waals surface area contributed by atoms with Gasteiger partial charge >= 0.3 is 17.1 Å². The summed E-state index contributed by atoms with van der Waals surface area (Å²) in [6.45, 7) is 0. The van der Waals surface area contributed by atoms with Crippen LogP contribution in [0.1, 0.15) is 10.4 Å². The molecule has 0 unspecified atom stereocenters. The van der Waals surface area contributed by atoms with E-state index in [9.17, 15) is 4.79 Å². The molecule has 0 bridgehead atoms. The first-order valence-corrected chi connectivity index (χ1v) is 2.75. The van der Waals surface area contributed by atoms with Gasteiger partial charge in [0.2, 0.25) is 0 Å². The minimum Gasteiger partial charge on any atom is -1.00 e. The zero-order valence-electron chi connectivity index (χ0n) is 6.97. The first kappa shape index (κ1) is 23.3. The van der Waals surface area contributed by atoms with Crippen LogP contribution in [0.5, 0.6) is 0 Å².